The van der Waals surface area contributed by atoms with Gasteiger partial charge in [0.1, 0.15) is 5.69 Å². The second-order valence-corrected chi connectivity index (χ2v) is 6.86. The number of aliphatic hydroxyl groups is 1. The second-order valence-electron chi connectivity index (χ2n) is 5.55. The lowest BCUT2D eigenvalue weighted by Crippen LogP contribution is -2.33. The van der Waals surface area contributed by atoms with E-state index >= 15 is 0 Å². The predicted molar refractivity (Wildman–Crippen MR) is 98.4 cm³/mol. The smallest absolute Gasteiger partial charge is 0.400 e. The Morgan fingerprint density at radius 3 is 2.39 bits per heavy atom. The van der Waals surface area contributed by atoms with E-state index in [1.165, 1.54) is 6.07 Å². The Morgan fingerprint density at radius 2 is 1.79 bits per heavy atom. The van der Waals surface area contributed by atoms with Gasteiger partial charge in [0.25, 0.3) is 0 Å². The van der Waals surface area contributed by atoms with Gasteiger partial charge >= 0.3 is 12.1 Å². The zero-order valence-corrected chi connectivity index (χ0v) is 16.1. The molecular formula is C18H18F5N3OS. The van der Waals surface area contributed by atoms with Gasteiger partial charge < -0.3 is 9.67 Å². The molecule has 0 saturated heterocycles. The fourth-order valence-electron chi connectivity index (χ4n) is 2.60. The molecule has 0 atom stereocenters. The monoisotopic (exact) mass is 419 g/mol. The van der Waals surface area contributed by atoms with Crippen molar-refractivity contribution in [3.05, 3.63) is 42.1 Å². The summed E-state index contributed by atoms with van der Waals surface area (Å²) < 4.78 is 66.7. The van der Waals surface area contributed by atoms with Gasteiger partial charge in [0, 0.05) is 30.8 Å². The number of halogens is 5. The van der Waals surface area contributed by atoms with E-state index in [0.29, 0.717) is 17.0 Å². The molecule has 28 heavy (non-hydrogen) atoms. The lowest BCUT2D eigenvalue weighted by atomic mass is 10.1. The maximum atomic E-state index is 13.6. The van der Waals surface area contributed by atoms with Crippen molar-refractivity contribution in [2.45, 2.75) is 23.9 Å². The first-order chi connectivity index (χ1) is 13.2. The van der Waals surface area contributed by atoms with Crippen LogP contribution in [0.5, 0.6) is 0 Å². The minimum atomic E-state index is -5.66. The highest BCUT2D eigenvalue weighted by molar-refractivity contribution is 7.99. The largest absolute Gasteiger partial charge is 0.458 e. The summed E-state index contributed by atoms with van der Waals surface area (Å²) in [5.41, 5.74) is -0.0737. The number of alkyl halides is 5. The molecule has 0 aliphatic heterocycles. The third kappa shape index (κ3) is 3.97. The van der Waals surface area contributed by atoms with Gasteiger partial charge in [-0.2, -0.15) is 22.0 Å². The molecule has 0 unspecified atom stereocenters. The number of aromatic nitrogens is 3. The number of benzene rings is 1. The van der Waals surface area contributed by atoms with Crippen molar-refractivity contribution in [3.8, 4) is 11.5 Å². The molecule has 2 heterocycles. The predicted octanol–water partition coefficient (Wildman–Crippen LogP) is 5.01. The molecule has 1 N–H and O–H groups in total. The Labute approximate surface area is 162 Å². The molecule has 3 aromatic rings. The average Bonchev–Trinajstić information content (AvgIpc) is 2.99. The zero-order chi connectivity index (χ0) is 21.1. The van der Waals surface area contributed by atoms with Crippen LogP contribution in [-0.4, -0.2) is 38.7 Å². The number of nitrogens with zero attached hydrogens (tertiary/aromatic N) is 3. The first-order valence-electron chi connectivity index (χ1n) is 8.11. The molecule has 0 radical (unpaired) electrons. The number of hydrogen-bond donors (Lipinski definition) is 1. The number of imidazole rings is 1. The minimum absolute atomic E-state index is 0.0574. The number of aliphatic hydroxyl groups excluding tert-OH is 1. The fraction of sp³-hybridized carbons (Fsp3) is 0.333. The second kappa shape index (κ2) is 8.44. The van der Waals surface area contributed by atoms with E-state index in [0.717, 1.165) is 29.9 Å². The lowest BCUT2D eigenvalue weighted by Gasteiger charge is -2.19. The standard InChI is InChI=1S/C17H14F5N3S.CH4O/c1-3-26-13-5-4-8-23-14(13)15-24-11-9-10(6-7-12(11)25(15)2)16(18,19)17(20,21)22;1-2/h4-9H,3H2,1-2H3;2H,1H3. The molecule has 10 heteroatoms. The molecule has 0 aliphatic rings. The summed E-state index contributed by atoms with van der Waals surface area (Å²) in [6, 6.07) is 6.41. The Balaban J connectivity index is 0.00000136. The molecule has 2 aromatic heterocycles. The average molecular weight is 419 g/mol. The van der Waals surface area contributed by atoms with Crippen LogP contribution in [0.15, 0.2) is 41.4 Å². The number of aryl methyl sites for hydroxylation is 1. The summed E-state index contributed by atoms with van der Waals surface area (Å²) in [4.78, 5) is 9.43. The van der Waals surface area contributed by atoms with E-state index in [1.807, 2.05) is 13.0 Å². The van der Waals surface area contributed by atoms with Crippen LogP contribution >= 0.6 is 11.8 Å². The fourth-order valence-corrected chi connectivity index (χ4v) is 3.37. The highest BCUT2D eigenvalue weighted by atomic mass is 32.2. The number of hydrogen-bond acceptors (Lipinski definition) is 4. The van der Waals surface area contributed by atoms with Crippen LogP contribution in [0.4, 0.5) is 22.0 Å². The van der Waals surface area contributed by atoms with Crippen molar-refractivity contribution < 1.29 is 27.1 Å². The Kier molecular flexibility index (Phi) is 6.66. The summed E-state index contributed by atoms with van der Waals surface area (Å²) in [6.45, 7) is 1.97. The van der Waals surface area contributed by atoms with Crippen LogP contribution < -0.4 is 0 Å². The summed E-state index contributed by atoms with van der Waals surface area (Å²) >= 11 is 1.54. The first kappa shape index (κ1) is 22.1. The van der Waals surface area contributed by atoms with Crippen molar-refractivity contribution in [1.82, 2.24) is 14.5 Å². The first-order valence-corrected chi connectivity index (χ1v) is 9.09. The van der Waals surface area contributed by atoms with Crippen LogP contribution in [0, 0.1) is 0 Å². The minimum Gasteiger partial charge on any atom is -0.400 e. The molecule has 152 valence electrons. The SMILES string of the molecule is CCSc1cccnc1-c1nc2cc(C(F)(F)C(F)(F)F)ccc2n1C.CO. The quantitative estimate of drug-likeness (QED) is 0.477. The van der Waals surface area contributed by atoms with E-state index in [1.54, 1.807) is 35.6 Å². The van der Waals surface area contributed by atoms with Crippen LogP contribution in [0.3, 0.4) is 0 Å². The molecule has 0 aliphatic carbocycles. The number of pyridine rings is 1. The molecule has 3 rings (SSSR count). The summed E-state index contributed by atoms with van der Waals surface area (Å²) in [5, 5.41) is 7.00. The molecule has 0 fully saturated rings. The maximum Gasteiger partial charge on any atom is 0.458 e. The van der Waals surface area contributed by atoms with Gasteiger partial charge in [-0.25, -0.2) is 4.98 Å². The van der Waals surface area contributed by atoms with Crippen LogP contribution in [0.2, 0.25) is 0 Å². The van der Waals surface area contributed by atoms with Crippen molar-refractivity contribution in [3.63, 3.8) is 0 Å². The van der Waals surface area contributed by atoms with Gasteiger partial charge in [-0.05, 0) is 30.0 Å². The van der Waals surface area contributed by atoms with Gasteiger partial charge in [0.05, 0.1) is 11.0 Å². The van der Waals surface area contributed by atoms with E-state index in [-0.39, 0.29) is 5.52 Å². The molecule has 0 bridgehead atoms. The molecule has 0 spiro atoms. The van der Waals surface area contributed by atoms with Crippen LogP contribution in [0.25, 0.3) is 22.6 Å². The third-order valence-corrected chi connectivity index (χ3v) is 4.81. The lowest BCUT2D eigenvalue weighted by molar-refractivity contribution is -0.289. The summed E-state index contributed by atoms with van der Waals surface area (Å²) in [7, 11) is 2.67. The molecule has 0 saturated carbocycles. The molecular weight excluding hydrogens is 401 g/mol. The van der Waals surface area contributed by atoms with Gasteiger partial charge in [-0.3, -0.25) is 4.98 Å². The summed E-state index contributed by atoms with van der Waals surface area (Å²) in [5.74, 6) is -3.73. The molecule has 0 amide bonds. The highest BCUT2D eigenvalue weighted by Gasteiger charge is 2.58. The Hall–Kier alpha value is -2.20. The molecule has 1 aromatic carbocycles. The topological polar surface area (TPSA) is 50.9 Å². The Bertz CT molecular complexity index is 956. The maximum absolute atomic E-state index is 13.6. The number of thioether (sulfide) groups is 1. The van der Waals surface area contributed by atoms with E-state index in [4.69, 9.17) is 5.11 Å². The number of rotatable bonds is 4. The third-order valence-electron chi connectivity index (χ3n) is 3.88. The van der Waals surface area contributed by atoms with Gasteiger partial charge in [-0.15, -0.1) is 11.8 Å². The van der Waals surface area contributed by atoms with Crippen LogP contribution in [-0.2, 0) is 13.0 Å². The van der Waals surface area contributed by atoms with E-state index < -0.39 is 17.7 Å². The van der Waals surface area contributed by atoms with Crippen molar-refractivity contribution in [1.29, 1.82) is 0 Å². The van der Waals surface area contributed by atoms with Crippen molar-refractivity contribution in [2.75, 3.05) is 12.9 Å². The van der Waals surface area contributed by atoms with Crippen molar-refractivity contribution >= 4 is 22.8 Å². The van der Waals surface area contributed by atoms with Gasteiger partial charge in [0.15, 0.2) is 5.82 Å². The highest BCUT2D eigenvalue weighted by Crippen LogP contribution is 2.44. The molecule has 4 nitrogen and oxygen atoms in total. The normalized spacial score (nSPS) is 12.0. The van der Waals surface area contributed by atoms with Gasteiger partial charge in [0.2, 0.25) is 0 Å². The van der Waals surface area contributed by atoms with Crippen LogP contribution in [0.1, 0.15) is 12.5 Å². The van der Waals surface area contributed by atoms with E-state index in [9.17, 15) is 22.0 Å². The Morgan fingerprint density at radius 1 is 1.11 bits per heavy atom. The zero-order valence-electron chi connectivity index (χ0n) is 15.3. The van der Waals surface area contributed by atoms with Gasteiger partial charge in [-0.1, -0.05) is 13.0 Å². The van der Waals surface area contributed by atoms with Crippen molar-refractivity contribution in [2.24, 2.45) is 7.05 Å². The summed E-state index contributed by atoms with van der Waals surface area (Å²) in [6.07, 6.45) is -4.08. The van der Waals surface area contributed by atoms with E-state index in [2.05, 4.69) is 9.97 Å². The number of fused-ring (bicyclic) bond motifs is 1.